The van der Waals surface area contributed by atoms with Crippen LogP contribution in [0.15, 0.2) is 156 Å². The van der Waals surface area contributed by atoms with E-state index in [2.05, 4.69) is 191 Å². The van der Waals surface area contributed by atoms with Gasteiger partial charge in [-0.05, 0) is 76.4 Å². The second-order valence-corrected chi connectivity index (χ2v) is 13.2. The zero-order valence-corrected chi connectivity index (χ0v) is 30.2. The van der Waals surface area contributed by atoms with E-state index in [1.807, 2.05) is 12.1 Å². The fraction of sp³-hybridized carbons (Fsp3) is 0.128. The van der Waals surface area contributed by atoms with Crippen LogP contribution in [0, 0.1) is 0 Å². The molecule has 0 unspecified atom stereocenters. The van der Waals surface area contributed by atoms with Crippen LogP contribution in [0.4, 0.5) is 5.69 Å². The van der Waals surface area contributed by atoms with Gasteiger partial charge >= 0.3 is 0 Å². The molecule has 0 atom stereocenters. The molecule has 7 aromatic rings. The van der Waals surface area contributed by atoms with E-state index in [1.165, 1.54) is 33.4 Å². The first-order valence-corrected chi connectivity index (χ1v) is 18.0. The van der Waals surface area contributed by atoms with Crippen molar-refractivity contribution in [3.8, 4) is 33.4 Å². The Balaban J connectivity index is 0.00000193. The first kappa shape index (κ1) is 33.1. The Bertz CT molecular complexity index is 2440. The third kappa shape index (κ3) is 5.82. The Morgan fingerprint density at radius 1 is 0.640 bits per heavy atom. The maximum absolute atomic E-state index is 6.34. The van der Waals surface area contributed by atoms with E-state index >= 15 is 0 Å². The van der Waals surface area contributed by atoms with Gasteiger partial charge in [-0.1, -0.05) is 135 Å². The average Bonchev–Trinajstić information content (AvgIpc) is 3.66. The van der Waals surface area contributed by atoms with Crippen LogP contribution in [0.2, 0.25) is 0 Å². The van der Waals surface area contributed by atoms with E-state index in [-0.39, 0.29) is 5.41 Å². The van der Waals surface area contributed by atoms with Crippen molar-refractivity contribution in [2.75, 3.05) is 13.3 Å². The molecule has 50 heavy (non-hydrogen) atoms. The molecule has 1 aliphatic carbocycles. The smallest absolute Gasteiger partial charge is 0.212 e. The van der Waals surface area contributed by atoms with Crippen molar-refractivity contribution in [2.24, 2.45) is 0 Å². The van der Waals surface area contributed by atoms with Crippen molar-refractivity contribution >= 4 is 52.0 Å². The molecule has 2 nitrogen and oxygen atoms in total. The van der Waals surface area contributed by atoms with E-state index in [0.717, 1.165) is 49.9 Å². The highest BCUT2D eigenvalue weighted by molar-refractivity contribution is 7.79. The predicted molar refractivity (Wildman–Crippen MR) is 218 cm³/mol. The fourth-order valence-corrected chi connectivity index (χ4v) is 7.42. The molecule has 1 heterocycles. The summed E-state index contributed by atoms with van der Waals surface area (Å²) in [5, 5.41) is 2.29. The molecule has 0 spiro atoms. The van der Waals surface area contributed by atoms with Crippen LogP contribution < -0.4 is 0 Å². The number of rotatable bonds is 6. The van der Waals surface area contributed by atoms with Gasteiger partial charge in [-0.2, -0.15) is 12.6 Å². The molecule has 0 saturated heterocycles. The number of allylic oxidation sites excluding steroid dienone is 4. The third-order valence-electron chi connectivity index (χ3n) is 9.91. The van der Waals surface area contributed by atoms with Gasteiger partial charge in [-0.15, -0.1) is 0 Å². The molecule has 0 saturated carbocycles. The summed E-state index contributed by atoms with van der Waals surface area (Å²) < 4.78 is 8.59. The minimum Gasteiger partial charge on any atom is -0.455 e. The van der Waals surface area contributed by atoms with Crippen LogP contribution in [0.1, 0.15) is 37.5 Å². The van der Waals surface area contributed by atoms with Crippen LogP contribution in [-0.2, 0) is 5.41 Å². The monoisotopic (exact) mass is 668 g/mol. The minimum atomic E-state index is -0.00480. The van der Waals surface area contributed by atoms with Gasteiger partial charge in [-0.25, -0.2) is 4.58 Å². The molecular formula is C47H42NOS+. The second kappa shape index (κ2) is 13.9. The second-order valence-electron chi connectivity index (χ2n) is 13.2. The Morgan fingerprint density at radius 2 is 1.28 bits per heavy atom. The van der Waals surface area contributed by atoms with Gasteiger partial charge in [-0.3, -0.25) is 0 Å². The SMILES string of the molecule is C/C=C\C=C(/C=[N+](C)c1ccccc1-c1ccc2c(c1)-c1ccccc1C2(C)C)c1ccc(-c2cccc3c2oc2ccccc23)cc1.CS. The summed E-state index contributed by atoms with van der Waals surface area (Å²) in [6.45, 7) is 6.72. The molecule has 0 amide bonds. The Kier molecular flexibility index (Phi) is 9.18. The molecule has 1 aromatic heterocycles. The summed E-state index contributed by atoms with van der Waals surface area (Å²) in [4.78, 5) is 0. The van der Waals surface area contributed by atoms with Gasteiger partial charge in [0.15, 0.2) is 6.21 Å². The van der Waals surface area contributed by atoms with Gasteiger partial charge in [0, 0.05) is 33.4 Å². The van der Waals surface area contributed by atoms with Crippen molar-refractivity contribution in [1.29, 1.82) is 0 Å². The third-order valence-corrected chi connectivity index (χ3v) is 9.91. The lowest BCUT2D eigenvalue weighted by atomic mass is 9.82. The molecule has 0 N–H and O–H groups in total. The van der Waals surface area contributed by atoms with Crippen LogP contribution >= 0.6 is 12.6 Å². The molecule has 8 rings (SSSR count). The van der Waals surface area contributed by atoms with E-state index in [0.29, 0.717) is 0 Å². The van der Waals surface area contributed by atoms with Crippen LogP contribution in [0.25, 0.3) is 60.9 Å². The van der Waals surface area contributed by atoms with E-state index in [4.69, 9.17) is 4.42 Å². The number of fused-ring (bicyclic) bond motifs is 6. The molecule has 246 valence electrons. The Hall–Kier alpha value is -5.38. The van der Waals surface area contributed by atoms with E-state index < -0.39 is 0 Å². The predicted octanol–water partition coefficient (Wildman–Crippen LogP) is 12.8. The lowest BCUT2D eigenvalue weighted by molar-refractivity contribution is -0.397. The van der Waals surface area contributed by atoms with Gasteiger partial charge in [0.25, 0.3) is 0 Å². The van der Waals surface area contributed by atoms with Crippen molar-refractivity contribution in [1.82, 2.24) is 0 Å². The quantitative estimate of drug-likeness (QED) is 0.0807. The summed E-state index contributed by atoms with van der Waals surface area (Å²) in [6.07, 6.45) is 10.3. The van der Waals surface area contributed by atoms with Crippen LogP contribution in [-0.4, -0.2) is 24.1 Å². The van der Waals surface area contributed by atoms with Gasteiger partial charge < -0.3 is 4.42 Å². The van der Waals surface area contributed by atoms with Crippen LogP contribution in [0.5, 0.6) is 0 Å². The van der Waals surface area contributed by atoms with Gasteiger partial charge in [0.05, 0.1) is 5.56 Å². The summed E-state index contributed by atoms with van der Waals surface area (Å²) in [7, 11) is 2.14. The van der Waals surface area contributed by atoms with Crippen molar-refractivity contribution in [2.45, 2.75) is 26.2 Å². The van der Waals surface area contributed by atoms with Crippen molar-refractivity contribution < 1.29 is 8.99 Å². The van der Waals surface area contributed by atoms with Gasteiger partial charge in [0.2, 0.25) is 5.69 Å². The number of hydrogen-bond acceptors (Lipinski definition) is 2. The number of furan rings is 1. The molecule has 0 fully saturated rings. The minimum absolute atomic E-state index is 0.00480. The standard InChI is InChI=1S/C46H38NO.CH4S/c1-5-6-14-34(31-23-25-32(26-24-31)36-18-13-19-39-38-17-9-12-22-44(38)48-45(36)39)30-47(4)43-21-11-8-15-35(43)33-27-28-42-40(29-33)37-16-7-10-20-41(37)46(42,2)3;1-2/h5-30H,1-4H3;2H,1H3/q+1;/b6-5-,34-14+,47-30?;. The van der Waals surface area contributed by atoms with E-state index in [1.54, 1.807) is 6.26 Å². The highest BCUT2D eigenvalue weighted by Gasteiger charge is 2.35. The zero-order valence-electron chi connectivity index (χ0n) is 29.3. The molecule has 6 aromatic carbocycles. The normalized spacial score (nSPS) is 13.7. The molecule has 3 heteroatoms. The highest BCUT2D eigenvalue weighted by Crippen LogP contribution is 2.50. The highest BCUT2D eigenvalue weighted by atomic mass is 32.1. The lowest BCUT2D eigenvalue weighted by Crippen LogP contribution is -2.14. The average molecular weight is 669 g/mol. The first-order chi connectivity index (χ1) is 24.4. The lowest BCUT2D eigenvalue weighted by Gasteiger charge is -2.21. The number of para-hydroxylation sites is 3. The maximum Gasteiger partial charge on any atom is 0.212 e. The molecular weight excluding hydrogens is 627 g/mol. The molecule has 0 bridgehead atoms. The summed E-state index contributed by atoms with van der Waals surface area (Å²) in [6, 6.07) is 48.0. The summed E-state index contributed by atoms with van der Waals surface area (Å²) in [5.74, 6) is 0. The molecule has 0 radical (unpaired) electrons. The topological polar surface area (TPSA) is 16.1 Å². The number of benzene rings is 6. The number of thiol groups is 1. The number of nitrogens with zero attached hydrogens (tertiary/aromatic N) is 1. The van der Waals surface area contributed by atoms with E-state index in [9.17, 15) is 0 Å². The van der Waals surface area contributed by atoms with Crippen molar-refractivity contribution in [3.05, 3.63) is 168 Å². The largest absolute Gasteiger partial charge is 0.455 e. The number of hydrogen-bond donors (Lipinski definition) is 1. The van der Waals surface area contributed by atoms with Crippen LogP contribution in [0.3, 0.4) is 0 Å². The van der Waals surface area contributed by atoms with Gasteiger partial charge in [0.1, 0.15) is 18.2 Å². The molecule has 1 aliphatic rings. The fourth-order valence-electron chi connectivity index (χ4n) is 7.42. The Labute approximate surface area is 301 Å². The maximum atomic E-state index is 6.34. The Morgan fingerprint density at radius 3 is 2.08 bits per heavy atom. The first-order valence-electron chi connectivity index (χ1n) is 17.1. The molecule has 0 aliphatic heterocycles. The summed E-state index contributed by atoms with van der Waals surface area (Å²) >= 11 is 3.53. The zero-order chi connectivity index (χ0) is 34.8. The van der Waals surface area contributed by atoms with Crippen molar-refractivity contribution in [3.63, 3.8) is 0 Å². The summed E-state index contributed by atoms with van der Waals surface area (Å²) in [5.41, 5.74) is 15.4.